The van der Waals surface area contributed by atoms with E-state index in [-0.39, 0.29) is 31.6 Å². The van der Waals surface area contributed by atoms with Crippen LogP contribution in [0.15, 0.2) is 72.9 Å². The third-order valence-corrected chi connectivity index (χ3v) is 8.65. The van der Waals surface area contributed by atoms with Crippen LogP contribution in [0, 0.1) is 0 Å². The Morgan fingerprint density at radius 2 is 1.54 bits per heavy atom. The number of anilines is 6. The Morgan fingerprint density at radius 1 is 0.880 bits per heavy atom. The van der Waals surface area contributed by atoms with Crippen molar-refractivity contribution in [1.82, 2.24) is 14.9 Å². The number of carbonyl (C=O) groups excluding carboxylic acids is 2. The zero-order valence-electron chi connectivity index (χ0n) is 28.3. The number of rotatable bonds is 12. The van der Waals surface area contributed by atoms with Crippen molar-refractivity contribution >= 4 is 52.4 Å². The van der Waals surface area contributed by atoms with Crippen molar-refractivity contribution in [3.63, 3.8) is 0 Å². The Bertz CT molecular complexity index is 1820. The molecule has 0 bridgehead atoms. The topological polar surface area (TPSA) is 153 Å². The predicted octanol–water partition coefficient (Wildman–Crippen LogP) is 4.94. The van der Waals surface area contributed by atoms with E-state index in [0.29, 0.717) is 54.2 Å². The normalized spacial score (nSPS) is 14.6. The average Bonchev–Trinajstić information content (AvgIpc) is 3.13. The standard InChI is InChI=1S/C36H40N8O6/c1-4-32(45)38-26-7-5-24(6-8-26)21-44-34-25(22-43(36(44)48)29-17-30(49-2)19-31(18-29)50-3)20-37-35(40-34)39-27-9-11-28(12-10-27)42-15-13-41(14-16-42)23-33(46)47/h5-12,17-20H,4,13-16,21-23H2,1-3H3,(H,38,45)(H,46,47)(H,37,39,40). The fourth-order valence-corrected chi connectivity index (χ4v) is 5.94. The van der Waals surface area contributed by atoms with Gasteiger partial charge < -0.3 is 30.1 Å². The fraction of sp³-hybridized carbons (Fsp3) is 0.306. The van der Waals surface area contributed by atoms with E-state index in [1.54, 1.807) is 55.3 Å². The highest BCUT2D eigenvalue weighted by atomic mass is 16.5. The Labute approximate surface area is 290 Å². The Balaban J connectivity index is 1.24. The number of nitrogens with one attached hydrogen (secondary N) is 2. The van der Waals surface area contributed by atoms with Gasteiger partial charge in [0.1, 0.15) is 17.3 Å². The van der Waals surface area contributed by atoms with E-state index < -0.39 is 5.97 Å². The first kappa shape index (κ1) is 34.0. The van der Waals surface area contributed by atoms with Gasteiger partial charge in [-0.1, -0.05) is 19.1 Å². The number of fused-ring (bicyclic) bond motifs is 1. The maximum Gasteiger partial charge on any atom is 0.330 e. The molecule has 1 saturated heterocycles. The highest BCUT2D eigenvalue weighted by molar-refractivity contribution is 6.05. The monoisotopic (exact) mass is 680 g/mol. The van der Waals surface area contributed by atoms with Crippen molar-refractivity contribution in [3.05, 3.63) is 84.1 Å². The lowest BCUT2D eigenvalue weighted by Gasteiger charge is -2.36. The van der Waals surface area contributed by atoms with E-state index >= 15 is 0 Å². The van der Waals surface area contributed by atoms with Gasteiger partial charge >= 0.3 is 12.0 Å². The first-order valence-corrected chi connectivity index (χ1v) is 16.4. The van der Waals surface area contributed by atoms with Crippen LogP contribution in [0.2, 0.25) is 0 Å². The summed E-state index contributed by atoms with van der Waals surface area (Å²) in [6.07, 6.45) is 2.10. The number of aromatic nitrogens is 2. The number of amides is 3. The zero-order valence-corrected chi connectivity index (χ0v) is 28.3. The van der Waals surface area contributed by atoms with Crippen LogP contribution in [0.4, 0.5) is 39.3 Å². The smallest absolute Gasteiger partial charge is 0.330 e. The van der Waals surface area contributed by atoms with Crippen LogP contribution in [0.25, 0.3) is 0 Å². The molecule has 0 unspecified atom stereocenters. The molecule has 50 heavy (non-hydrogen) atoms. The minimum absolute atomic E-state index is 0.0548. The lowest BCUT2D eigenvalue weighted by Crippen LogP contribution is -2.47. The SMILES string of the molecule is CCC(=O)Nc1ccc(CN2C(=O)N(c3cc(OC)cc(OC)c3)Cc3cnc(Nc4ccc(N5CCN(CC(=O)O)CC5)cc4)nc32)cc1. The average molecular weight is 681 g/mol. The Morgan fingerprint density at radius 3 is 2.16 bits per heavy atom. The minimum atomic E-state index is -0.812. The molecule has 0 atom stereocenters. The van der Waals surface area contributed by atoms with E-state index in [1.165, 1.54) is 0 Å². The van der Waals surface area contributed by atoms with Crippen molar-refractivity contribution in [2.24, 2.45) is 0 Å². The lowest BCUT2D eigenvalue weighted by molar-refractivity contribution is -0.138. The van der Waals surface area contributed by atoms with Gasteiger partial charge in [0.05, 0.1) is 39.5 Å². The number of aliphatic carboxylic acids is 1. The molecule has 14 nitrogen and oxygen atoms in total. The van der Waals surface area contributed by atoms with E-state index in [1.807, 2.05) is 53.4 Å². The van der Waals surface area contributed by atoms with E-state index in [0.717, 1.165) is 35.6 Å². The molecular weight excluding hydrogens is 640 g/mol. The van der Waals surface area contributed by atoms with Crippen molar-refractivity contribution in [3.8, 4) is 11.5 Å². The van der Waals surface area contributed by atoms with Crippen LogP contribution in [-0.2, 0) is 22.7 Å². The number of hydrogen-bond acceptors (Lipinski definition) is 10. The van der Waals surface area contributed by atoms with Crippen LogP contribution in [0.3, 0.4) is 0 Å². The maximum atomic E-state index is 14.3. The molecule has 0 radical (unpaired) electrons. The highest BCUT2D eigenvalue weighted by Crippen LogP contribution is 2.36. The van der Waals surface area contributed by atoms with Crippen molar-refractivity contribution < 1.29 is 29.0 Å². The van der Waals surface area contributed by atoms with Crippen molar-refractivity contribution in [1.29, 1.82) is 0 Å². The number of urea groups is 1. The molecule has 3 N–H and O–H groups in total. The zero-order chi connectivity index (χ0) is 35.2. The summed E-state index contributed by atoms with van der Waals surface area (Å²) in [5.41, 5.74) is 4.70. The van der Waals surface area contributed by atoms with Gasteiger partial charge in [0.25, 0.3) is 0 Å². The molecule has 0 aliphatic carbocycles. The van der Waals surface area contributed by atoms with Crippen LogP contribution in [0.5, 0.6) is 11.5 Å². The number of hydrogen-bond donors (Lipinski definition) is 3. The van der Waals surface area contributed by atoms with Crippen LogP contribution < -0.4 is 34.8 Å². The third-order valence-electron chi connectivity index (χ3n) is 8.65. The van der Waals surface area contributed by atoms with E-state index in [2.05, 4.69) is 20.5 Å². The number of nitrogens with zero attached hydrogens (tertiary/aromatic N) is 6. The summed E-state index contributed by atoms with van der Waals surface area (Å²) < 4.78 is 10.9. The van der Waals surface area contributed by atoms with E-state index in [9.17, 15) is 14.4 Å². The van der Waals surface area contributed by atoms with Gasteiger partial charge in [-0.3, -0.25) is 24.3 Å². The quantitative estimate of drug-likeness (QED) is 0.187. The number of carbonyl (C=O) groups is 3. The van der Waals surface area contributed by atoms with Gasteiger partial charge in [-0.15, -0.1) is 0 Å². The molecule has 260 valence electrons. The summed E-state index contributed by atoms with van der Waals surface area (Å²) in [5, 5.41) is 15.2. The summed E-state index contributed by atoms with van der Waals surface area (Å²) in [6.45, 7) is 5.16. The van der Waals surface area contributed by atoms with Gasteiger partial charge in [-0.25, -0.2) is 9.78 Å². The Kier molecular flexibility index (Phi) is 10.3. The Hall–Kier alpha value is -5.89. The number of piperazine rings is 1. The summed E-state index contributed by atoms with van der Waals surface area (Å²) in [5.74, 6) is 1.04. The molecule has 2 aliphatic rings. The van der Waals surface area contributed by atoms with Crippen LogP contribution in [-0.4, -0.2) is 84.8 Å². The predicted molar refractivity (Wildman–Crippen MR) is 191 cm³/mol. The molecular formula is C36H40N8O6. The van der Waals surface area contributed by atoms with Crippen molar-refractivity contribution in [2.45, 2.75) is 26.4 Å². The van der Waals surface area contributed by atoms with Crippen LogP contribution in [0.1, 0.15) is 24.5 Å². The minimum Gasteiger partial charge on any atom is -0.497 e. The highest BCUT2D eigenvalue weighted by Gasteiger charge is 2.34. The number of ether oxygens (including phenoxy) is 2. The number of methoxy groups -OCH3 is 2. The van der Waals surface area contributed by atoms with Gasteiger partial charge in [0.15, 0.2) is 0 Å². The second kappa shape index (κ2) is 15.1. The second-order valence-electron chi connectivity index (χ2n) is 12.0. The number of carboxylic acids is 1. The molecule has 4 aromatic rings. The molecule has 2 aliphatic heterocycles. The number of benzene rings is 3. The summed E-state index contributed by atoms with van der Waals surface area (Å²) in [7, 11) is 3.12. The first-order valence-electron chi connectivity index (χ1n) is 16.4. The third kappa shape index (κ3) is 7.87. The van der Waals surface area contributed by atoms with E-state index in [4.69, 9.17) is 19.6 Å². The number of carboxylic acid groups (broad SMARTS) is 1. The second-order valence-corrected chi connectivity index (χ2v) is 12.0. The molecule has 6 rings (SSSR count). The van der Waals surface area contributed by atoms with Gasteiger partial charge in [-0.05, 0) is 42.0 Å². The van der Waals surface area contributed by atoms with Crippen LogP contribution >= 0.6 is 0 Å². The first-order chi connectivity index (χ1) is 24.2. The fourth-order valence-electron chi connectivity index (χ4n) is 5.94. The summed E-state index contributed by atoms with van der Waals surface area (Å²) in [4.78, 5) is 54.1. The molecule has 3 heterocycles. The van der Waals surface area contributed by atoms with Gasteiger partial charge in [-0.2, -0.15) is 4.98 Å². The molecule has 3 amide bonds. The summed E-state index contributed by atoms with van der Waals surface area (Å²) in [6, 6.07) is 20.3. The van der Waals surface area contributed by atoms with Gasteiger partial charge in [0.2, 0.25) is 11.9 Å². The van der Waals surface area contributed by atoms with Crippen molar-refractivity contribution in [2.75, 3.05) is 72.3 Å². The lowest BCUT2D eigenvalue weighted by atomic mass is 10.1. The molecule has 0 saturated carbocycles. The molecule has 3 aromatic carbocycles. The molecule has 1 aromatic heterocycles. The van der Waals surface area contributed by atoms with Gasteiger partial charge in [0, 0.05) is 79.6 Å². The molecule has 1 fully saturated rings. The maximum absolute atomic E-state index is 14.3. The molecule has 0 spiro atoms. The molecule has 14 heteroatoms. The summed E-state index contributed by atoms with van der Waals surface area (Å²) >= 11 is 0. The largest absolute Gasteiger partial charge is 0.497 e.